The zero-order chi connectivity index (χ0) is 18.2. The Balaban J connectivity index is 1.75. The van der Waals surface area contributed by atoms with E-state index in [0.29, 0.717) is 31.1 Å². The minimum Gasteiger partial charge on any atom is -0.485 e. The zero-order valence-electron chi connectivity index (χ0n) is 15.0. The Morgan fingerprint density at radius 2 is 1.23 bits per heavy atom. The van der Waals surface area contributed by atoms with Crippen LogP contribution in [0, 0.1) is 0 Å². The van der Waals surface area contributed by atoms with Crippen LogP contribution in [0.2, 0.25) is 0 Å². The van der Waals surface area contributed by atoms with Crippen LogP contribution in [0.4, 0.5) is 0 Å². The molecule has 0 amide bonds. The summed E-state index contributed by atoms with van der Waals surface area (Å²) in [6.07, 6.45) is 0.189. The molecule has 1 unspecified atom stereocenters. The quantitative estimate of drug-likeness (QED) is 0.637. The van der Waals surface area contributed by atoms with Crippen LogP contribution >= 0.6 is 0 Å². The van der Waals surface area contributed by atoms with Crippen LogP contribution in [0.25, 0.3) is 0 Å². The van der Waals surface area contributed by atoms with Gasteiger partial charge in [0.25, 0.3) is 0 Å². The van der Waals surface area contributed by atoms with Gasteiger partial charge in [0, 0.05) is 0 Å². The van der Waals surface area contributed by atoms with Crippen molar-refractivity contribution in [2.75, 3.05) is 0 Å². The summed E-state index contributed by atoms with van der Waals surface area (Å²) in [6, 6.07) is 25.9. The summed E-state index contributed by atoms with van der Waals surface area (Å²) in [7, 11) is 0. The number of rotatable bonds is 8. The molecule has 0 aliphatic carbocycles. The summed E-state index contributed by atoms with van der Waals surface area (Å²) in [6.45, 7) is 2.74. The standard InChI is InChI=1S/C23H24O3/c1-18(24)14-21-12-13-22(25-16-19-8-4-2-5-9-19)23(15-21)26-17-20-10-6-3-7-11-20/h2-13,15,18,24H,14,16-17H2,1H3. The van der Waals surface area contributed by atoms with E-state index in [4.69, 9.17) is 9.47 Å². The van der Waals surface area contributed by atoms with Gasteiger partial charge < -0.3 is 14.6 Å². The van der Waals surface area contributed by atoms with Crippen LogP contribution in [0.5, 0.6) is 11.5 Å². The predicted octanol–water partition coefficient (Wildman–Crippen LogP) is 4.77. The molecule has 0 bridgehead atoms. The highest BCUT2D eigenvalue weighted by molar-refractivity contribution is 5.43. The first-order valence-corrected chi connectivity index (χ1v) is 8.85. The maximum atomic E-state index is 9.65. The van der Waals surface area contributed by atoms with Gasteiger partial charge in [0.15, 0.2) is 11.5 Å². The van der Waals surface area contributed by atoms with Crippen molar-refractivity contribution in [3.8, 4) is 11.5 Å². The fourth-order valence-corrected chi connectivity index (χ4v) is 2.72. The van der Waals surface area contributed by atoms with E-state index >= 15 is 0 Å². The number of hydrogen-bond donors (Lipinski definition) is 1. The van der Waals surface area contributed by atoms with Gasteiger partial charge in [-0.3, -0.25) is 0 Å². The fourth-order valence-electron chi connectivity index (χ4n) is 2.72. The molecular weight excluding hydrogens is 324 g/mol. The van der Waals surface area contributed by atoms with Crippen molar-refractivity contribution in [2.45, 2.75) is 32.7 Å². The smallest absolute Gasteiger partial charge is 0.161 e. The Bertz CT molecular complexity index is 798. The average Bonchev–Trinajstić information content (AvgIpc) is 2.67. The highest BCUT2D eigenvalue weighted by Crippen LogP contribution is 2.30. The van der Waals surface area contributed by atoms with E-state index in [1.54, 1.807) is 6.92 Å². The van der Waals surface area contributed by atoms with Crippen LogP contribution in [0.15, 0.2) is 78.9 Å². The van der Waals surface area contributed by atoms with Gasteiger partial charge in [0.05, 0.1) is 6.10 Å². The Labute approximate surface area is 154 Å². The van der Waals surface area contributed by atoms with Crippen molar-refractivity contribution in [1.82, 2.24) is 0 Å². The Morgan fingerprint density at radius 3 is 1.77 bits per heavy atom. The van der Waals surface area contributed by atoms with Crippen LogP contribution in [-0.2, 0) is 19.6 Å². The molecule has 134 valence electrons. The van der Waals surface area contributed by atoms with Gasteiger partial charge in [0.1, 0.15) is 13.2 Å². The third kappa shape index (κ3) is 5.36. The lowest BCUT2D eigenvalue weighted by atomic mass is 10.1. The summed E-state index contributed by atoms with van der Waals surface area (Å²) in [5, 5.41) is 9.65. The first-order chi connectivity index (χ1) is 12.7. The van der Waals surface area contributed by atoms with Crippen molar-refractivity contribution in [2.24, 2.45) is 0 Å². The average molecular weight is 348 g/mol. The van der Waals surface area contributed by atoms with Gasteiger partial charge in [-0.2, -0.15) is 0 Å². The second-order valence-electron chi connectivity index (χ2n) is 6.38. The molecule has 0 saturated heterocycles. The third-order valence-electron chi connectivity index (χ3n) is 4.01. The summed E-state index contributed by atoms with van der Waals surface area (Å²) in [4.78, 5) is 0. The lowest BCUT2D eigenvalue weighted by molar-refractivity contribution is 0.195. The number of benzene rings is 3. The molecule has 26 heavy (non-hydrogen) atoms. The fraction of sp³-hybridized carbons (Fsp3) is 0.217. The molecule has 0 aromatic heterocycles. The summed E-state index contributed by atoms with van der Waals surface area (Å²) < 4.78 is 12.0. The molecule has 0 saturated carbocycles. The molecule has 0 aliphatic heterocycles. The van der Waals surface area contributed by atoms with Crippen LogP contribution in [-0.4, -0.2) is 11.2 Å². The molecule has 3 aromatic rings. The first kappa shape index (κ1) is 18.0. The molecule has 0 heterocycles. The highest BCUT2D eigenvalue weighted by atomic mass is 16.5. The van der Waals surface area contributed by atoms with Crippen molar-refractivity contribution in [3.05, 3.63) is 95.6 Å². The SMILES string of the molecule is CC(O)Cc1ccc(OCc2ccccc2)c(OCc2ccccc2)c1. The third-order valence-corrected chi connectivity index (χ3v) is 4.01. The highest BCUT2D eigenvalue weighted by Gasteiger charge is 2.09. The minimum atomic E-state index is -0.395. The van der Waals surface area contributed by atoms with E-state index in [2.05, 4.69) is 0 Å². The van der Waals surface area contributed by atoms with Crippen molar-refractivity contribution in [3.63, 3.8) is 0 Å². The molecule has 0 fully saturated rings. The monoisotopic (exact) mass is 348 g/mol. The lowest BCUT2D eigenvalue weighted by Gasteiger charge is -2.15. The summed E-state index contributed by atoms with van der Waals surface area (Å²) in [5.74, 6) is 1.40. The molecule has 3 aromatic carbocycles. The molecule has 1 atom stereocenters. The van der Waals surface area contributed by atoms with Crippen molar-refractivity contribution >= 4 is 0 Å². The largest absolute Gasteiger partial charge is 0.485 e. The topological polar surface area (TPSA) is 38.7 Å². The van der Waals surface area contributed by atoms with Crippen molar-refractivity contribution in [1.29, 1.82) is 0 Å². The van der Waals surface area contributed by atoms with Gasteiger partial charge in [-0.15, -0.1) is 0 Å². The van der Waals surface area contributed by atoms with Crippen LogP contribution in [0.3, 0.4) is 0 Å². The zero-order valence-corrected chi connectivity index (χ0v) is 15.0. The number of hydrogen-bond acceptors (Lipinski definition) is 3. The van der Waals surface area contributed by atoms with E-state index in [-0.39, 0.29) is 0 Å². The van der Waals surface area contributed by atoms with E-state index in [1.807, 2.05) is 78.9 Å². The number of aliphatic hydroxyl groups excluding tert-OH is 1. The molecule has 0 radical (unpaired) electrons. The van der Waals surface area contributed by atoms with Crippen LogP contribution < -0.4 is 9.47 Å². The van der Waals surface area contributed by atoms with E-state index < -0.39 is 6.10 Å². The van der Waals surface area contributed by atoms with E-state index in [9.17, 15) is 5.11 Å². The molecule has 0 spiro atoms. The molecule has 3 nitrogen and oxygen atoms in total. The lowest BCUT2D eigenvalue weighted by Crippen LogP contribution is -2.06. The Kier molecular flexibility index (Phi) is 6.29. The molecular formula is C23H24O3. The number of aliphatic hydroxyl groups is 1. The molecule has 3 rings (SSSR count). The van der Waals surface area contributed by atoms with E-state index in [0.717, 1.165) is 16.7 Å². The number of ether oxygens (including phenoxy) is 2. The summed E-state index contributed by atoms with van der Waals surface area (Å²) >= 11 is 0. The second-order valence-corrected chi connectivity index (χ2v) is 6.38. The summed E-state index contributed by atoms with van der Waals surface area (Å²) in [5.41, 5.74) is 3.23. The predicted molar refractivity (Wildman–Crippen MR) is 103 cm³/mol. The van der Waals surface area contributed by atoms with Gasteiger partial charge >= 0.3 is 0 Å². The van der Waals surface area contributed by atoms with Gasteiger partial charge in [-0.05, 0) is 42.2 Å². The molecule has 3 heteroatoms. The van der Waals surface area contributed by atoms with Crippen molar-refractivity contribution < 1.29 is 14.6 Å². The maximum absolute atomic E-state index is 9.65. The van der Waals surface area contributed by atoms with Crippen LogP contribution in [0.1, 0.15) is 23.6 Å². The maximum Gasteiger partial charge on any atom is 0.161 e. The molecule has 0 aliphatic rings. The van der Waals surface area contributed by atoms with E-state index in [1.165, 1.54) is 0 Å². The first-order valence-electron chi connectivity index (χ1n) is 8.85. The second kappa shape index (κ2) is 9.07. The molecule has 1 N–H and O–H groups in total. The minimum absolute atomic E-state index is 0.395. The normalized spacial score (nSPS) is 11.8. The Morgan fingerprint density at radius 1 is 0.692 bits per heavy atom. The van der Waals surface area contributed by atoms with Gasteiger partial charge in [-0.1, -0.05) is 66.7 Å². The van der Waals surface area contributed by atoms with Gasteiger partial charge in [0.2, 0.25) is 0 Å². The van der Waals surface area contributed by atoms with Gasteiger partial charge in [-0.25, -0.2) is 0 Å². The Hall–Kier alpha value is -2.78.